The molecular formula is C14H23N5O3. The Labute approximate surface area is 128 Å². The van der Waals surface area contributed by atoms with Gasteiger partial charge in [0.05, 0.1) is 0 Å². The van der Waals surface area contributed by atoms with Crippen LogP contribution in [0.2, 0.25) is 0 Å². The largest absolute Gasteiger partial charge is 0.377 e. The van der Waals surface area contributed by atoms with E-state index in [1.54, 1.807) is 18.7 Å². The van der Waals surface area contributed by atoms with Crippen molar-refractivity contribution in [1.29, 1.82) is 0 Å². The van der Waals surface area contributed by atoms with Crippen LogP contribution in [0.5, 0.6) is 0 Å². The van der Waals surface area contributed by atoms with E-state index < -0.39 is 0 Å². The summed E-state index contributed by atoms with van der Waals surface area (Å²) in [5, 5.41) is 0. The van der Waals surface area contributed by atoms with Crippen LogP contribution in [0, 0.1) is 0 Å². The summed E-state index contributed by atoms with van der Waals surface area (Å²) in [6, 6.07) is 0. The van der Waals surface area contributed by atoms with Crippen LogP contribution in [-0.2, 0) is 31.5 Å². The standard InChI is InChI=1S/C14H23N5O3/c1-4-18-10(9-22-3)16-12-11(18)13(20)19(8-6-5-7-15)14(21)17(12)2/h4-9,15H2,1-3H3. The number of unbranched alkanes of at least 4 members (excludes halogenated alkanes) is 1. The maximum Gasteiger partial charge on any atom is 0.332 e. The second-order valence-corrected chi connectivity index (χ2v) is 5.17. The molecule has 122 valence electrons. The van der Waals surface area contributed by atoms with E-state index in [1.807, 2.05) is 6.92 Å². The molecule has 0 bridgehead atoms. The maximum atomic E-state index is 12.7. The zero-order valence-corrected chi connectivity index (χ0v) is 13.3. The minimum Gasteiger partial charge on any atom is -0.377 e. The predicted molar refractivity (Wildman–Crippen MR) is 83.9 cm³/mol. The molecule has 0 atom stereocenters. The summed E-state index contributed by atoms with van der Waals surface area (Å²) in [7, 11) is 3.20. The molecule has 8 nitrogen and oxygen atoms in total. The Balaban J connectivity index is 2.69. The molecule has 0 aromatic carbocycles. The Morgan fingerprint density at radius 2 is 1.95 bits per heavy atom. The van der Waals surface area contributed by atoms with Crippen molar-refractivity contribution in [2.24, 2.45) is 12.8 Å². The summed E-state index contributed by atoms with van der Waals surface area (Å²) in [6.45, 7) is 3.73. The molecule has 0 unspecified atom stereocenters. The number of fused-ring (bicyclic) bond motifs is 1. The highest BCUT2D eigenvalue weighted by atomic mass is 16.5. The molecule has 2 rings (SSSR count). The van der Waals surface area contributed by atoms with Gasteiger partial charge in [-0.2, -0.15) is 0 Å². The van der Waals surface area contributed by atoms with Crippen LogP contribution in [0.15, 0.2) is 9.59 Å². The number of nitrogens with two attached hydrogens (primary N) is 1. The fourth-order valence-electron chi connectivity index (χ4n) is 2.61. The Bertz CT molecular complexity index is 771. The monoisotopic (exact) mass is 309 g/mol. The molecule has 0 saturated carbocycles. The first-order valence-electron chi connectivity index (χ1n) is 7.44. The highest BCUT2D eigenvalue weighted by Crippen LogP contribution is 2.12. The van der Waals surface area contributed by atoms with Crippen LogP contribution < -0.4 is 17.0 Å². The number of aromatic nitrogens is 4. The van der Waals surface area contributed by atoms with E-state index in [2.05, 4.69) is 4.98 Å². The number of nitrogens with zero attached hydrogens (tertiary/aromatic N) is 4. The van der Waals surface area contributed by atoms with E-state index in [1.165, 1.54) is 9.13 Å². The molecule has 0 aliphatic carbocycles. The highest BCUT2D eigenvalue weighted by molar-refractivity contribution is 5.71. The van der Waals surface area contributed by atoms with E-state index in [0.29, 0.717) is 49.7 Å². The molecule has 0 radical (unpaired) electrons. The second-order valence-electron chi connectivity index (χ2n) is 5.17. The third-order valence-electron chi connectivity index (χ3n) is 3.74. The number of aryl methyl sites for hydroxylation is 2. The molecule has 0 saturated heterocycles. The van der Waals surface area contributed by atoms with E-state index >= 15 is 0 Å². The Hall–Kier alpha value is -1.93. The van der Waals surface area contributed by atoms with Gasteiger partial charge in [0.15, 0.2) is 11.2 Å². The first-order chi connectivity index (χ1) is 10.6. The minimum absolute atomic E-state index is 0.295. The van der Waals surface area contributed by atoms with Gasteiger partial charge in [0.25, 0.3) is 5.56 Å². The van der Waals surface area contributed by atoms with Crippen LogP contribution >= 0.6 is 0 Å². The molecule has 22 heavy (non-hydrogen) atoms. The van der Waals surface area contributed by atoms with Crippen LogP contribution in [-0.4, -0.2) is 32.3 Å². The lowest BCUT2D eigenvalue weighted by molar-refractivity contribution is 0.175. The molecule has 2 aromatic heterocycles. The molecular weight excluding hydrogens is 286 g/mol. The third kappa shape index (κ3) is 2.71. The zero-order chi connectivity index (χ0) is 16.3. The van der Waals surface area contributed by atoms with Crippen LogP contribution in [0.1, 0.15) is 25.6 Å². The van der Waals surface area contributed by atoms with E-state index in [-0.39, 0.29) is 11.2 Å². The van der Waals surface area contributed by atoms with Gasteiger partial charge in [0, 0.05) is 27.2 Å². The predicted octanol–water partition coefficient (Wildman–Crippen LogP) is -0.198. The first-order valence-corrected chi connectivity index (χ1v) is 7.44. The van der Waals surface area contributed by atoms with Gasteiger partial charge in [0.2, 0.25) is 0 Å². The molecule has 2 aromatic rings. The topological polar surface area (TPSA) is 97.1 Å². The van der Waals surface area contributed by atoms with Crippen molar-refractivity contribution in [1.82, 2.24) is 18.7 Å². The summed E-state index contributed by atoms with van der Waals surface area (Å²) in [5.74, 6) is 0.645. The Morgan fingerprint density at radius 3 is 2.55 bits per heavy atom. The Morgan fingerprint density at radius 1 is 1.23 bits per heavy atom. The van der Waals surface area contributed by atoms with Crippen molar-refractivity contribution in [3.63, 3.8) is 0 Å². The van der Waals surface area contributed by atoms with Crippen molar-refractivity contribution < 1.29 is 4.74 Å². The number of imidazole rings is 1. The SMILES string of the molecule is CCn1c(COC)nc2c1c(=O)n(CCCCN)c(=O)n2C. The lowest BCUT2D eigenvalue weighted by Crippen LogP contribution is -2.39. The normalized spacial score (nSPS) is 11.5. The van der Waals surface area contributed by atoms with Crippen molar-refractivity contribution in [3.05, 3.63) is 26.7 Å². The van der Waals surface area contributed by atoms with E-state index in [0.717, 1.165) is 6.42 Å². The summed E-state index contributed by atoms with van der Waals surface area (Å²) in [4.78, 5) is 29.5. The average molecular weight is 309 g/mol. The molecule has 0 amide bonds. The van der Waals surface area contributed by atoms with Crippen molar-refractivity contribution in [3.8, 4) is 0 Å². The summed E-state index contributed by atoms with van der Waals surface area (Å²) >= 11 is 0. The molecule has 2 N–H and O–H groups in total. The third-order valence-corrected chi connectivity index (χ3v) is 3.74. The van der Waals surface area contributed by atoms with E-state index in [4.69, 9.17) is 10.5 Å². The van der Waals surface area contributed by atoms with Gasteiger partial charge in [-0.3, -0.25) is 13.9 Å². The summed E-state index contributed by atoms with van der Waals surface area (Å²) in [6.07, 6.45) is 1.47. The smallest absolute Gasteiger partial charge is 0.332 e. The number of ether oxygens (including phenoxy) is 1. The molecule has 2 heterocycles. The van der Waals surface area contributed by atoms with Crippen molar-refractivity contribution in [2.75, 3.05) is 13.7 Å². The van der Waals surface area contributed by atoms with E-state index in [9.17, 15) is 9.59 Å². The van der Waals surface area contributed by atoms with Crippen LogP contribution in [0.25, 0.3) is 11.2 Å². The van der Waals surface area contributed by atoms with Crippen molar-refractivity contribution >= 4 is 11.2 Å². The first kappa shape index (κ1) is 16.4. The number of rotatable bonds is 7. The number of methoxy groups -OCH3 is 1. The van der Waals surface area contributed by atoms with Crippen LogP contribution in [0.4, 0.5) is 0 Å². The lowest BCUT2D eigenvalue weighted by atomic mass is 10.3. The quantitative estimate of drug-likeness (QED) is 0.715. The molecule has 8 heteroatoms. The molecule has 0 spiro atoms. The highest BCUT2D eigenvalue weighted by Gasteiger charge is 2.19. The van der Waals surface area contributed by atoms with Gasteiger partial charge < -0.3 is 15.0 Å². The molecule has 0 aliphatic heterocycles. The van der Waals surface area contributed by atoms with Gasteiger partial charge in [-0.25, -0.2) is 9.78 Å². The van der Waals surface area contributed by atoms with Crippen LogP contribution in [0.3, 0.4) is 0 Å². The zero-order valence-electron chi connectivity index (χ0n) is 13.3. The average Bonchev–Trinajstić information content (AvgIpc) is 2.87. The van der Waals surface area contributed by atoms with Gasteiger partial charge in [-0.1, -0.05) is 0 Å². The van der Waals surface area contributed by atoms with Gasteiger partial charge in [-0.05, 0) is 26.3 Å². The fraction of sp³-hybridized carbons (Fsp3) is 0.643. The molecule has 0 aliphatic rings. The molecule has 0 fully saturated rings. The summed E-state index contributed by atoms with van der Waals surface area (Å²) in [5.41, 5.74) is 5.68. The Kier molecular flexibility index (Phi) is 5.15. The number of hydrogen-bond acceptors (Lipinski definition) is 5. The van der Waals surface area contributed by atoms with Gasteiger partial charge in [-0.15, -0.1) is 0 Å². The lowest BCUT2D eigenvalue weighted by Gasteiger charge is -2.09. The second kappa shape index (κ2) is 6.89. The van der Waals surface area contributed by atoms with Gasteiger partial charge >= 0.3 is 5.69 Å². The number of hydrogen-bond donors (Lipinski definition) is 1. The fourth-order valence-corrected chi connectivity index (χ4v) is 2.61. The maximum absolute atomic E-state index is 12.7. The van der Waals surface area contributed by atoms with Gasteiger partial charge in [0.1, 0.15) is 12.4 Å². The summed E-state index contributed by atoms with van der Waals surface area (Å²) < 4.78 is 9.62. The van der Waals surface area contributed by atoms with Crippen molar-refractivity contribution in [2.45, 2.75) is 39.5 Å². The minimum atomic E-state index is -0.348.